The first-order valence-corrected chi connectivity index (χ1v) is 6.84. The molecule has 21 heavy (non-hydrogen) atoms. The molecule has 0 aliphatic rings. The molecule has 0 saturated carbocycles. The number of benzene rings is 2. The molecule has 2 rings (SSSR count). The van der Waals surface area contributed by atoms with Crippen LogP contribution in [-0.2, 0) is 0 Å². The van der Waals surface area contributed by atoms with E-state index in [1.165, 1.54) is 30.3 Å². The number of nitro groups is 1. The van der Waals surface area contributed by atoms with Crippen molar-refractivity contribution >= 4 is 27.3 Å². The normalized spacial score (nSPS) is 12.0. The minimum absolute atomic E-state index is 0.0647. The Labute approximate surface area is 128 Å². The molecule has 0 bridgehead atoms. The van der Waals surface area contributed by atoms with Gasteiger partial charge in [-0.15, -0.1) is 0 Å². The molecule has 110 valence electrons. The summed E-state index contributed by atoms with van der Waals surface area (Å²) < 4.78 is 27.2. The van der Waals surface area contributed by atoms with E-state index < -0.39 is 22.6 Å². The third kappa shape index (κ3) is 3.36. The van der Waals surface area contributed by atoms with Crippen LogP contribution in [0, 0.1) is 21.7 Å². The van der Waals surface area contributed by atoms with Crippen molar-refractivity contribution in [1.82, 2.24) is 0 Å². The Morgan fingerprint density at radius 1 is 1.29 bits per heavy atom. The molecule has 0 fully saturated rings. The van der Waals surface area contributed by atoms with E-state index in [1.807, 2.05) is 0 Å². The van der Waals surface area contributed by atoms with E-state index in [-0.39, 0.29) is 11.3 Å². The predicted octanol–water partition coefficient (Wildman–Crippen LogP) is 4.81. The third-order valence-electron chi connectivity index (χ3n) is 2.98. The molecular formula is C14H11BrF2N2O2. The molecule has 0 radical (unpaired) electrons. The minimum atomic E-state index is -0.911. The van der Waals surface area contributed by atoms with Crippen LogP contribution in [0.25, 0.3) is 0 Å². The lowest BCUT2D eigenvalue weighted by atomic mass is 10.1. The van der Waals surface area contributed by atoms with Gasteiger partial charge in [-0.3, -0.25) is 10.1 Å². The van der Waals surface area contributed by atoms with E-state index in [1.54, 1.807) is 6.92 Å². The van der Waals surface area contributed by atoms with Crippen LogP contribution < -0.4 is 5.32 Å². The summed E-state index contributed by atoms with van der Waals surface area (Å²) in [5.41, 5.74) is 0.679. The van der Waals surface area contributed by atoms with Crippen LogP contribution in [0.2, 0.25) is 0 Å². The fraction of sp³-hybridized carbons (Fsp3) is 0.143. The lowest BCUT2D eigenvalue weighted by Gasteiger charge is -2.16. The van der Waals surface area contributed by atoms with Gasteiger partial charge in [-0.2, -0.15) is 0 Å². The van der Waals surface area contributed by atoms with Gasteiger partial charge in [0.1, 0.15) is 0 Å². The number of nitrogens with one attached hydrogen (secondary N) is 1. The van der Waals surface area contributed by atoms with Crippen molar-refractivity contribution in [3.05, 3.63) is 68.2 Å². The first kappa shape index (κ1) is 15.4. The Kier molecular flexibility index (Phi) is 4.52. The largest absolute Gasteiger partial charge is 0.378 e. The van der Waals surface area contributed by atoms with Crippen molar-refractivity contribution in [3.8, 4) is 0 Å². The molecule has 2 aromatic rings. The molecular weight excluding hydrogens is 346 g/mol. The summed E-state index contributed by atoms with van der Waals surface area (Å²) in [5, 5.41) is 13.7. The van der Waals surface area contributed by atoms with Gasteiger partial charge in [-0.25, -0.2) is 8.78 Å². The van der Waals surface area contributed by atoms with Crippen LogP contribution >= 0.6 is 15.9 Å². The zero-order valence-corrected chi connectivity index (χ0v) is 12.5. The molecule has 0 saturated heterocycles. The summed E-state index contributed by atoms with van der Waals surface area (Å²) >= 11 is 3.10. The molecule has 7 heteroatoms. The highest BCUT2D eigenvalue weighted by Crippen LogP contribution is 2.30. The molecule has 0 spiro atoms. The maximum atomic E-state index is 13.7. The number of rotatable bonds is 4. The van der Waals surface area contributed by atoms with Crippen LogP contribution in [0.4, 0.5) is 20.2 Å². The highest BCUT2D eigenvalue weighted by atomic mass is 79.9. The molecule has 0 aliphatic carbocycles. The highest BCUT2D eigenvalue weighted by molar-refractivity contribution is 9.10. The second-order valence-electron chi connectivity index (χ2n) is 4.43. The molecule has 0 aromatic heterocycles. The molecule has 0 heterocycles. The van der Waals surface area contributed by atoms with Crippen LogP contribution in [-0.4, -0.2) is 4.92 Å². The van der Waals surface area contributed by atoms with Crippen molar-refractivity contribution in [3.63, 3.8) is 0 Å². The molecule has 0 amide bonds. The predicted molar refractivity (Wildman–Crippen MR) is 79.2 cm³/mol. The molecule has 4 nitrogen and oxygen atoms in total. The Bertz CT molecular complexity index is 695. The average molecular weight is 357 g/mol. The quantitative estimate of drug-likeness (QED) is 0.631. The van der Waals surface area contributed by atoms with E-state index in [4.69, 9.17) is 0 Å². The summed E-state index contributed by atoms with van der Waals surface area (Å²) in [5.74, 6) is -1.82. The average Bonchev–Trinajstić information content (AvgIpc) is 2.41. The summed E-state index contributed by atoms with van der Waals surface area (Å²) in [4.78, 5) is 10.2. The van der Waals surface area contributed by atoms with Gasteiger partial charge >= 0.3 is 0 Å². The van der Waals surface area contributed by atoms with Gasteiger partial charge in [-0.05, 0) is 41.1 Å². The van der Waals surface area contributed by atoms with Crippen molar-refractivity contribution in [2.75, 3.05) is 5.32 Å². The molecule has 0 aliphatic heterocycles. The van der Waals surface area contributed by atoms with Crippen LogP contribution in [0.3, 0.4) is 0 Å². The van der Waals surface area contributed by atoms with Gasteiger partial charge in [0.15, 0.2) is 11.6 Å². The number of anilines is 1. The zero-order chi connectivity index (χ0) is 15.6. The fourth-order valence-electron chi connectivity index (χ4n) is 1.93. The van der Waals surface area contributed by atoms with Crippen molar-refractivity contribution in [2.45, 2.75) is 13.0 Å². The summed E-state index contributed by atoms with van der Waals surface area (Å²) in [6.45, 7) is 1.67. The van der Waals surface area contributed by atoms with Gasteiger partial charge in [0.25, 0.3) is 5.69 Å². The topological polar surface area (TPSA) is 55.2 Å². The van der Waals surface area contributed by atoms with E-state index in [0.29, 0.717) is 10.2 Å². The monoisotopic (exact) mass is 356 g/mol. The van der Waals surface area contributed by atoms with Crippen LogP contribution in [0.15, 0.2) is 40.9 Å². The van der Waals surface area contributed by atoms with Gasteiger partial charge in [0, 0.05) is 17.3 Å². The standard InChI is InChI=1S/C14H11BrF2N2O2/c1-8(10-3-2-4-12(16)14(10)17)18-9-5-6-13(19(20)21)11(15)7-9/h2-8,18H,1H3. The summed E-state index contributed by atoms with van der Waals surface area (Å²) in [6, 6.07) is 7.83. The van der Waals surface area contributed by atoms with Crippen molar-refractivity contribution in [2.24, 2.45) is 0 Å². The molecule has 1 N–H and O–H groups in total. The Balaban J connectivity index is 2.24. The SMILES string of the molecule is CC(Nc1ccc([N+](=O)[O-])c(Br)c1)c1cccc(F)c1F. The summed E-state index contributed by atoms with van der Waals surface area (Å²) in [7, 11) is 0. The first-order chi connectivity index (χ1) is 9.90. The van der Waals surface area contributed by atoms with Crippen molar-refractivity contribution < 1.29 is 13.7 Å². The number of hydrogen-bond acceptors (Lipinski definition) is 3. The Morgan fingerprint density at radius 2 is 2.00 bits per heavy atom. The van der Waals surface area contributed by atoms with Crippen LogP contribution in [0.1, 0.15) is 18.5 Å². The Morgan fingerprint density at radius 3 is 2.62 bits per heavy atom. The van der Waals surface area contributed by atoms with Gasteiger partial charge in [0.05, 0.1) is 15.4 Å². The van der Waals surface area contributed by atoms with Gasteiger partial charge in [-0.1, -0.05) is 12.1 Å². The highest BCUT2D eigenvalue weighted by Gasteiger charge is 2.16. The third-order valence-corrected chi connectivity index (χ3v) is 3.61. The maximum Gasteiger partial charge on any atom is 0.283 e. The molecule has 2 aromatic carbocycles. The van der Waals surface area contributed by atoms with Crippen LogP contribution in [0.5, 0.6) is 0 Å². The molecule has 1 atom stereocenters. The van der Waals surface area contributed by atoms with E-state index in [0.717, 1.165) is 6.07 Å². The lowest BCUT2D eigenvalue weighted by molar-refractivity contribution is -0.385. The number of halogens is 3. The van der Waals surface area contributed by atoms with E-state index >= 15 is 0 Å². The van der Waals surface area contributed by atoms with E-state index in [9.17, 15) is 18.9 Å². The van der Waals surface area contributed by atoms with E-state index in [2.05, 4.69) is 21.2 Å². The number of nitro benzene ring substituents is 1. The maximum absolute atomic E-state index is 13.7. The van der Waals surface area contributed by atoms with Gasteiger partial charge in [0.2, 0.25) is 0 Å². The lowest BCUT2D eigenvalue weighted by Crippen LogP contribution is -2.09. The minimum Gasteiger partial charge on any atom is -0.378 e. The second kappa shape index (κ2) is 6.17. The Hall–Kier alpha value is -2.02. The van der Waals surface area contributed by atoms with Crippen molar-refractivity contribution in [1.29, 1.82) is 0 Å². The summed E-state index contributed by atoms with van der Waals surface area (Å²) in [6.07, 6.45) is 0. The van der Waals surface area contributed by atoms with Gasteiger partial charge < -0.3 is 5.32 Å². The number of hydrogen-bond donors (Lipinski definition) is 1. The first-order valence-electron chi connectivity index (χ1n) is 6.04. The second-order valence-corrected chi connectivity index (χ2v) is 5.29. The molecule has 1 unspecified atom stereocenters. The number of nitrogens with zero attached hydrogens (tertiary/aromatic N) is 1. The smallest absolute Gasteiger partial charge is 0.283 e. The zero-order valence-electron chi connectivity index (χ0n) is 10.9. The fourth-order valence-corrected chi connectivity index (χ4v) is 2.45.